The van der Waals surface area contributed by atoms with Crippen LogP contribution in [-0.2, 0) is 14.1 Å². The summed E-state index contributed by atoms with van der Waals surface area (Å²) in [4.78, 5) is 12.1. The predicted molar refractivity (Wildman–Crippen MR) is 90.1 cm³/mol. The van der Waals surface area contributed by atoms with Gasteiger partial charge >= 0.3 is 5.69 Å². The Morgan fingerprint density at radius 2 is 1.64 bits per heavy atom. The van der Waals surface area contributed by atoms with Gasteiger partial charge in [-0.25, -0.2) is 4.79 Å². The molecule has 0 spiro atoms. The second kappa shape index (κ2) is 5.14. The van der Waals surface area contributed by atoms with Crippen molar-refractivity contribution in [3.63, 3.8) is 0 Å². The zero-order valence-corrected chi connectivity index (χ0v) is 13.4. The molecule has 0 fully saturated rings. The highest BCUT2D eigenvalue weighted by atomic mass is 16.1. The zero-order valence-electron chi connectivity index (χ0n) is 13.4. The first-order chi connectivity index (χ1) is 10.4. The van der Waals surface area contributed by atoms with Crippen LogP contribution in [0.15, 0.2) is 41.2 Å². The van der Waals surface area contributed by atoms with Crippen molar-refractivity contribution < 1.29 is 0 Å². The number of aromatic nitrogens is 2. The normalized spacial score (nSPS) is 12.8. The van der Waals surface area contributed by atoms with Crippen molar-refractivity contribution in [3.05, 3.63) is 69.1 Å². The van der Waals surface area contributed by atoms with Crippen LogP contribution in [0.5, 0.6) is 0 Å². The minimum absolute atomic E-state index is 0.0179. The summed E-state index contributed by atoms with van der Waals surface area (Å²) in [6.45, 7) is 4.11. The summed E-state index contributed by atoms with van der Waals surface area (Å²) in [5.41, 5.74) is 12.7. The van der Waals surface area contributed by atoms with Crippen LogP contribution in [0.1, 0.15) is 28.3 Å². The highest BCUT2D eigenvalue weighted by Crippen LogP contribution is 2.27. The molecule has 1 atom stereocenters. The third-order valence-corrected chi connectivity index (χ3v) is 4.40. The molecule has 0 aliphatic rings. The number of nitrogens with two attached hydrogens (primary N) is 1. The summed E-state index contributed by atoms with van der Waals surface area (Å²) in [6.07, 6.45) is 0. The third kappa shape index (κ3) is 2.16. The predicted octanol–water partition coefficient (Wildman–Crippen LogP) is 2.54. The lowest BCUT2D eigenvalue weighted by molar-refractivity contribution is 0.795. The van der Waals surface area contributed by atoms with E-state index in [1.807, 2.05) is 31.2 Å². The zero-order chi connectivity index (χ0) is 16.0. The molecule has 1 unspecified atom stereocenters. The summed E-state index contributed by atoms with van der Waals surface area (Å²) in [7, 11) is 3.59. The molecular weight excluding hydrogens is 274 g/mol. The Morgan fingerprint density at radius 3 is 2.27 bits per heavy atom. The van der Waals surface area contributed by atoms with E-state index < -0.39 is 0 Å². The molecule has 0 bridgehead atoms. The van der Waals surface area contributed by atoms with Crippen molar-refractivity contribution in [1.29, 1.82) is 0 Å². The first-order valence-electron chi connectivity index (χ1n) is 7.38. The summed E-state index contributed by atoms with van der Waals surface area (Å²) >= 11 is 0. The van der Waals surface area contributed by atoms with Crippen LogP contribution in [0.2, 0.25) is 0 Å². The van der Waals surface area contributed by atoms with Crippen LogP contribution in [0.25, 0.3) is 11.0 Å². The van der Waals surface area contributed by atoms with Gasteiger partial charge in [0.05, 0.1) is 17.1 Å². The molecule has 2 N–H and O–H groups in total. The molecule has 0 saturated heterocycles. The molecule has 0 aliphatic heterocycles. The van der Waals surface area contributed by atoms with Gasteiger partial charge in [0.2, 0.25) is 0 Å². The number of hydrogen-bond acceptors (Lipinski definition) is 2. The first kappa shape index (κ1) is 14.6. The summed E-state index contributed by atoms with van der Waals surface area (Å²) < 4.78 is 3.34. The largest absolute Gasteiger partial charge is 0.328 e. The second-order valence-corrected chi connectivity index (χ2v) is 5.99. The molecule has 2 aromatic carbocycles. The van der Waals surface area contributed by atoms with Crippen molar-refractivity contribution in [2.24, 2.45) is 19.8 Å². The molecule has 0 aliphatic carbocycles. The second-order valence-electron chi connectivity index (χ2n) is 5.99. The maximum Gasteiger partial charge on any atom is 0.328 e. The van der Waals surface area contributed by atoms with Crippen LogP contribution >= 0.6 is 0 Å². The third-order valence-electron chi connectivity index (χ3n) is 4.40. The van der Waals surface area contributed by atoms with Gasteiger partial charge in [0.1, 0.15) is 0 Å². The molecule has 114 valence electrons. The average Bonchev–Trinajstić information content (AvgIpc) is 2.70. The molecule has 1 aromatic heterocycles. The average molecular weight is 295 g/mol. The van der Waals surface area contributed by atoms with Crippen LogP contribution in [-0.4, -0.2) is 9.13 Å². The number of aryl methyl sites for hydroxylation is 4. The first-order valence-corrected chi connectivity index (χ1v) is 7.38. The van der Waals surface area contributed by atoms with E-state index in [-0.39, 0.29) is 11.7 Å². The Labute approximate surface area is 129 Å². The molecule has 3 aromatic rings. The molecule has 0 amide bonds. The highest BCUT2D eigenvalue weighted by Gasteiger charge is 2.16. The fourth-order valence-electron chi connectivity index (χ4n) is 3.04. The number of rotatable bonds is 2. The van der Waals surface area contributed by atoms with Gasteiger partial charge in [0.25, 0.3) is 0 Å². The lowest BCUT2D eigenvalue weighted by Crippen LogP contribution is -2.19. The molecule has 3 rings (SSSR count). The van der Waals surface area contributed by atoms with Gasteiger partial charge in [-0.3, -0.25) is 9.13 Å². The van der Waals surface area contributed by atoms with E-state index in [0.717, 1.165) is 27.7 Å². The number of benzene rings is 2. The van der Waals surface area contributed by atoms with E-state index in [9.17, 15) is 4.79 Å². The van der Waals surface area contributed by atoms with E-state index in [1.165, 1.54) is 5.56 Å². The lowest BCUT2D eigenvalue weighted by atomic mass is 9.94. The van der Waals surface area contributed by atoms with Crippen molar-refractivity contribution >= 4 is 11.0 Å². The fraction of sp³-hybridized carbons (Fsp3) is 0.278. The molecule has 4 heteroatoms. The monoisotopic (exact) mass is 295 g/mol. The summed E-state index contributed by atoms with van der Waals surface area (Å²) in [5, 5.41) is 0. The van der Waals surface area contributed by atoms with Crippen molar-refractivity contribution in [2.45, 2.75) is 19.9 Å². The van der Waals surface area contributed by atoms with Crippen LogP contribution in [0.3, 0.4) is 0 Å². The van der Waals surface area contributed by atoms with Gasteiger partial charge in [-0.1, -0.05) is 29.8 Å². The Morgan fingerprint density at radius 1 is 1.00 bits per heavy atom. The number of fused-ring (bicyclic) bond motifs is 1. The minimum atomic E-state index is -0.195. The van der Waals surface area contributed by atoms with Gasteiger partial charge in [-0.2, -0.15) is 0 Å². The fourth-order valence-corrected chi connectivity index (χ4v) is 3.04. The van der Waals surface area contributed by atoms with Gasteiger partial charge in [0.15, 0.2) is 0 Å². The number of hydrogen-bond donors (Lipinski definition) is 1. The summed E-state index contributed by atoms with van der Waals surface area (Å²) in [5.74, 6) is 0. The lowest BCUT2D eigenvalue weighted by Gasteiger charge is -2.16. The summed E-state index contributed by atoms with van der Waals surface area (Å²) in [6, 6.07) is 12.1. The quantitative estimate of drug-likeness (QED) is 0.790. The Bertz CT molecular complexity index is 918. The van der Waals surface area contributed by atoms with Gasteiger partial charge in [-0.05, 0) is 42.7 Å². The molecule has 0 radical (unpaired) electrons. The molecular formula is C18H21N3O. The maximum absolute atomic E-state index is 12.1. The SMILES string of the molecule is Cc1cccc(C(N)c2cc3c(cc2C)n(C)c(=O)n3C)c1. The Hall–Kier alpha value is -2.33. The van der Waals surface area contributed by atoms with E-state index >= 15 is 0 Å². The minimum Gasteiger partial charge on any atom is -0.320 e. The standard InChI is InChI=1S/C18H21N3O/c1-11-6-5-7-13(8-11)17(19)14-10-16-15(9-12(14)2)20(3)18(22)21(16)4/h5-10,17H,19H2,1-4H3. The van der Waals surface area contributed by atoms with Crippen LogP contribution < -0.4 is 11.4 Å². The Kier molecular flexibility index (Phi) is 3.41. The van der Waals surface area contributed by atoms with Crippen molar-refractivity contribution in [3.8, 4) is 0 Å². The van der Waals surface area contributed by atoms with Gasteiger partial charge in [0, 0.05) is 14.1 Å². The van der Waals surface area contributed by atoms with Gasteiger partial charge < -0.3 is 5.73 Å². The maximum atomic E-state index is 12.1. The number of imidazole rings is 1. The van der Waals surface area contributed by atoms with E-state index in [4.69, 9.17) is 5.73 Å². The molecule has 0 saturated carbocycles. The highest BCUT2D eigenvalue weighted by molar-refractivity contribution is 5.78. The molecule has 1 heterocycles. The van der Waals surface area contributed by atoms with Crippen molar-refractivity contribution in [2.75, 3.05) is 0 Å². The smallest absolute Gasteiger partial charge is 0.320 e. The van der Waals surface area contributed by atoms with Crippen LogP contribution in [0, 0.1) is 13.8 Å². The van der Waals surface area contributed by atoms with E-state index in [2.05, 4.69) is 19.1 Å². The molecule has 22 heavy (non-hydrogen) atoms. The van der Waals surface area contributed by atoms with Crippen LogP contribution in [0.4, 0.5) is 0 Å². The van der Waals surface area contributed by atoms with Gasteiger partial charge in [-0.15, -0.1) is 0 Å². The van der Waals surface area contributed by atoms with E-state index in [0.29, 0.717) is 0 Å². The van der Waals surface area contributed by atoms with Crippen molar-refractivity contribution in [1.82, 2.24) is 9.13 Å². The Balaban J connectivity index is 2.21. The molecule has 4 nitrogen and oxygen atoms in total. The number of nitrogens with zero attached hydrogens (tertiary/aromatic N) is 2. The van der Waals surface area contributed by atoms with E-state index in [1.54, 1.807) is 23.2 Å². The topological polar surface area (TPSA) is 52.9 Å².